The highest BCUT2D eigenvalue weighted by molar-refractivity contribution is 5.82. The molecule has 0 aliphatic rings. The Balaban J connectivity index is 1.83. The van der Waals surface area contributed by atoms with Crippen molar-refractivity contribution in [2.24, 2.45) is 0 Å². The van der Waals surface area contributed by atoms with E-state index >= 15 is 0 Å². The number of hydrogen-bond acceptors (Lipinski definition) is 5. The SMILES string of the molecule is CC(C)(C)OC(=O)NCc1cc(=O)c2cc(-c3cccnc3)ccc2o1. The Morgan fingerprint density at radius 3 is 2.69 bits per heavy atom. The maximum Gasteiger partial charge on any atom is 0.408 e. The van der Waals surface area contributed by atoms with Crippen LogP contribution in [-0.4, -0.2) is 16.7 Å². The molecule has 0 radical (unpaired) electrons. The van der Waals surface area contributed by atoms with Gasteiger partial charge in [0.25, 0.3) is 0 Å². The maximum absolute atomic E-state index is 12.4. The van der Waals surface area contributed by atoms with Gasteiger partial charge in [-0.1, -0.05) is 12.1 Å². The Morgan fingerprint density at radius 2 is 2.00 bits per heavy atom. The summed E-state index contributed by atoms with van der Waals surface area (Å²) in [4.78, 5) is 28.3. The summed E-state index contributed by atoms with van der Waals surface area (Å²) in [6, 6.07) is 10.5. The van der Waals surface area contributed by atoms with Gasteiger partial charge in [0.2, 0.25) is 0 Å². The molecule has 6 nitrogen and oxygen atoms in total. The van der Waals surface area contributed by atoms with Crippen molar-refractivity contribution in [1.82, 2.24) is 10.3 Å². The Hall–Kier alpha value is -3.15. The molecule has 1 aromatic carbocycles. The van der Waals surface area contributed by atoms with Crippen molar-refractivity contribution in [1.29, 1.82) is 0 Å². The summed E-state index contributed by atoms with van der Waals surface area (Å²) >= 11 is 0. The van der Waals surface area contributed by atoms with Crippen LogP contribution in [0.15, 0.2) is 58.0 Å². The Bertz CT molecular complexity index is 988. The Morgan fingerprint density at radius 1 is 1.19 bits per heavy atom. The van der Waals surface area contributed by atoms with Crippen molar-refractivity contribution in [2.75, 3.05) is 0 Å². The van der Waals surface area contributed by atoms with Gasteiger partial charge < -0.3 is 14.5 Å². The van der Waals surface area contributed by atoms with Crippen LogP contribution in [0.5, 0.6) is 0 Å². The summed E-state index contributed by atoms with van der Waals surface area (Å²) in [5.41, 5.74) is 1.52. The number of carbonyl (C=O) groups is 1. The summed E-state index contributed by atoms with van der Waals surface area (Å²) in [6.45, 7) is 5.41. The number of carbonyl (C=O) groups excluding carboxylic acids is 1. The lowest BCUT2D eigenvalue weighted by atomic mass is 10.1. The van der Waals surface area contributed by atoms with Gasteiger partial charge in [-0.2, -0.15) is 0 Å². The van der Waals surface area contributed by atoms with Gasteiger partial charge in [-0.05, 0) is 44.5 Å². The van der Waals surface area contributed by atoms with Crippen LogP contribution in [-0.2, 0) is 11.3 Å². The van der Waals surface area contributed by atoms with E-state index in [9.17, 15) is 9.59 Å². The third-order valence-corrected chi connectivity index (χ3v) is 3.58. The molecule has 0 aliphatic carbocycles. The van der Waals surface area contributed by atoms with Crippen molar-refractivity contribution in [3.05, 3.63) is 64.8 Å². The van der Waals surface area contributed by atoms with E-state index in [2.05, 4.69) is 10.3 Å². The zero-order valence-corrected chi connectivity index (χ0v) is 14.9. The number of alkyl carbamates (subject to hydrolysis) is 1. The van der Waals surface area contributed by atoms with Gasteiger partial charge in [-0.3, -0.25) is 9.78 Å². The highest BCUT2D eigenvalue weighted by atomic mass is 16.6. The lowest BCUT2D eigenvalue weighted by Crippen LogP contribution is -2.32. The van der Waals surface area contributed by atoms with Crippen LogP contribution in [0.25, 0.3) is 22.1 Å². The second-order valence-corrected chi connectivity index (χ2v) is 6.89. The average Bonchev–Trinajstić information content (AvgIpc) is 2.59. The van der Waals surface area contributed by atoms with Gasteiger partial charge in [0.1, 0.15) is 16.9 Å². The number of amides is 1. The molecule has 6 heteroatoms. The second kappa shape index (κ2) is 7.00. The number of hydrogen-bond donors (Lipinski definition) is 1. The molecule has 0 atom stereocenters. The third-order valence-electron chi connectivity index (χ3n) is 3.58. The van der Waals surface area contributed by atoms with Crippen LogP contribution < -0.4 is 10.7 Å². The standard InChI is InChI=1S/C20H20N2O4/c1-20(2,3)26-19(24)22-12-15-10-17(23)16-9-13(6-7-18(16)25-15)14-5-4-8-21-11-14/h4-11H,12H2,1-3H3,(H,22,24). The first-order chi connectivity index (χ1) is 12.3. The normalized spacial score (nSPS) is 11.3. The minimum absolute atomic E-state index is 0.0739. The largest absolute Gasteiger partial charge is 0.459 e. The molecule has 3 rings (SSSR count). The summed E-state index contributed by atoms with van der Waals surface area (Å²) in [5, 5.41) is 3.06. The van der Waals surface area contributed by atoms with Crippen molar-refractivity contribution in [3.63, 3.8) is 0 Å². The number of pyridine rings is 1. The molecule has 3 aromatic rings. The van der Waals surface area contributed by atoms with Crippen LogP contribution in [0.2, 0.25) is 0 Å². The van der Waals surface area contributed by atoms with Gasteiger partial charge in [0.15, 0.2) is 5.43 Å². The molecule has 1 N–H and O–H groups in total. The molecule has 2 heterocycles. The summed E-state index contributed by atoms with van der Waals surface area (Å²) in [7, 11) is 0. The molecule has 0 saturated heterocycles. The lowest BCUT2D eigenvalue weighted by Gasteiger charge is -2.19. The van der Waals surface area contributed by atoms with Gasteiger partial charge in [0, 0.05) is 24.0 Å². The molecule has 0 fully saturated rings. The van der Waals surface area contributed by atoms with E-state index in [1.54, 1.807) is 45.3 Å². The lowest BCUT2D eigenvalue weighted by molar-refractivity contribution is 0.0520. The zero-order valence-electron chi connectivity index (χ0n) is 14.9. The Kier molecular flexibility index (Phi) is 4.75. The predicted octanol–water partition coefficient (Wildman–Crippen LogP) is 3.88. The van der Waals surface area contributed by atoms with Gasteiger partial charge in [-0.25, -0.2) is 4.79 Å². The fourth-order valence-electron chi connectivity index (χ4n) is 2.48. The summed E-state index contributed by atoms with van der Waals surface area (Å²) in [5.74, 6) is 0.363. The van der Waals surface area contributed by atoms with Crippen molar-refractivity contribution in [2.45, 2.75) is 32.9 Å². The van der Waals surface area contributed by atoms with Gasteiger partial charge in [0.05, 0.1) is 11.9 Å². The molecule has 0 saturated carbocycles. The zero-order chi connectivity index (χ0) is 18.7. The minimum atomic E-state index is -0.586. The summed E-state index contributed by atoms with van der Waals surface area (Å²) in [6.07, 6.45) is 2.87. The molecular formula is C20H20N2O4. The van der Waals surface area contributed by atoms with Crippen LogP contribution in [0.4, 0.5) is 4.79 Å². The Labute approximate surface area is 150 Å². The molecular weight excluding hydrogens is 332 g/mol. The molecule has 134 valence electrons. The van der Waals surface area contributed by atoms with Gasteiger partial charge in [-0.15, -0.1) is 0 Å². The number of aromatic nitrogens is 1. The molecule has 0 spiro atoms. The first-order valence-corrected chi connectivity index (χ1v) is 8.26. The fraction of sp³-hybridized carbons (Fsp3) is 0.250. The van der Waals surface area contributed by atoms with E-state index in [1.807, 2.05) is 18.2 Å². The van der Waals surface area contributed by atoms with E-state index in [1.165, 1.54) is 6.07 Å². The summed E-state index contributed by atoms with van der Waals surface area (Å²) < 4.78 is 10.9. The van der Waals surface area contributed by atoms with E-state index in [4.69, 9.17) is 9.15 Å². The number of ether oxygens (including phenoxy) is 1. The molecule has 0 aliphatic heterocycles. The van der Waals surface area contributed by atoms with Crippen molar-refractivity contribution in [3.8, 4) is 11.1 Å². The van der Waals surface area contributed by atoms with Crippen LogP contribution in [0.1, 0.15) is 26.5 Å². The monoisotopic (exact) mass is 352 g/mol. The number of benzene rings is 1. The molecule has 26 heavy (non-hydrogen) atoms. The topological polar surface area (TPSA) is 81.4 Å². The maximum atomic E-state index is 12.4. The van der Waals surface area contributed by atoms with Gasteiger partial charge >= 0.3 is 6.09 Å². The number of rotatable bonds is 3. The van der Waals surface area contributed by atoms with E-state index in [0.717, 1.165) is 11.1 Å². The smallest absolute Gasteiger partial charge is 0.408 e. The van der Waals surface area contributed by atoms with E-state index in [-0.39, 0.29) is 12.0 Å². The van der Waals surface area contributed by atoms with Crippen molar-refractivity contribution >= 4 is 17.1 Å². The highest BCUT2D eigenvalue weighted by Crippen LogP contribution is 2.22. The average molecular weight is 352 g/mol. The van der Waals surface area contributed by atoms with Crippen LogP contribution >= 0.6 is 0 Å². The van der Waals surface area contributed by atoms with E-state index < -0.39 is 11.7 Å². The predicted molar refractivity (Wildman–Crippen MR) is 98.8 cm³/mol. The third kappa shape index (κ3) is 4.27. The number of fused-ring (bicyclic) bond motifs is 1. The molecule has 0 unspecified atom stereocenters. The number of nitrogens with zero attached hydrogens (tertiary/aromatic N) is 1. The van der Waals surface area contributed by atoms with E-state index in [0.29, 0.717) is 16.7 Å². The molecule has 1 amide bonds. The molecule has 0 bridgehead atoms. The first kappa shape index (κ1) is 17.7. The second-order valence-electron chi connectivity index (χ2n) is 6.89. The first-order valence-electron chi connectivity index (χ1n) is 8.26. The molecule has 2 aromatic heterocycles. The van der Waals surface area contributed by atoms with Crippen LogP contribution in [0, 0.1) is 0 Å². The van der Waals surface area contributed by atoms with Crippen LogP contribution in [0.3, 0.4) is 0 Å². The quantitative estimate of drug-likeness (QED) is 0.773. The fourth-order valence-corrected chi connectivity index (χ4v) is 2.48. The minimum Gasteiger partial charge on any atom is -0.459 e. The number of nitrogens with one attached hydrogen (secondary N) is 1. The highest BCUT2D eigenvalue weighted by Gasteiger charge is 2.16. The van der Waals surface area contributed by atoms with Crippen molar-refractivity contribution < 1.29 is 13.9 Å².